The van der Waals surface area contributed by atoms with E-state index in [0.717, 1.165) is 11.8 Å². The number of aryl methyl sites for hydroxylation is 1. The molecule has 2 heterocycles. The van der Waals surface area contributed by atoms with E-state index in [1.165, 1.54) is 6.07 Å². The molecule has 1 N–H and O–H groups in total. The van der Waals surface area contributed by atoms with Crippen LogP contribution in [0, 0.1) is 24.5 Å². The standard InChI is InChI=1S/C16H16F2N2O2/c1-9-8-13(20-6-4-10(5-7-20)16(21)22)11-2-3-12(17)14(18)15(11)19-9/h2-3,8,10H,4-7H2,1H3,(H,21,22). The lowest BCUT2D eigenvalue weighted by Crippen LogP contribution is -2.36. The minimum Gasteiger partial charge on any atom is -0.481 e. The third-order valence-electron chi connectivity index (χ3n) is 4.16. The predicted molar refractivity (Wildman–Crippen MR) is 79.0 cm³/mol. The SMILES string of the molecule is Cc1cc(N2CCC(C(=O)O)CC2)c2ccc(F)c(F)c2n1. The summed E-state index contributed by atoms with van der Waals surface area (Å²) in [7, 11) is 0. The van der Waals surface area contributed by atoms with Crippen LogP contribution in [-0.2, 0) is 4.79 Å². The smallest absolute Gasteiger partial charge is 0.306 e. The highest BCUT2D eigenvalue weighted by Gasteiger charge is 2.26. The number of pyridine rings is 1. The van der Waals surface area contributed by atoms with E-state index in [4.69, 9.17) is 5.11 Å². The summed E-state index contributed by atoms with van der Waals surface area (Å²) in [6.07, 6.45) is 1.09. The van der Waals surface area contributed by atoms with Crippen LogP contribution in [0.3, 0.4) is 0 Å². The maximum Gasteiger partial charge on any atom is 0.306 e. The maximum absolute atomic E-state index is 14.0. The lowest BCUT2D eigenvalue weighted by Gasteiger charge is -2.32. The molecule has 1 aliphatic heterocycles. The lowest BCUT2D eigenvalue weighted by molar-refractivity contribution is -0.142. The third-order valence-corrected chi connectivity index (χ3v) is 4.16. The van der Waals surface area contributed by atoms with Crippen LogP contribution in [0.15, 0.2) is 18.2 Å². The van der Waals surface area contributed by atoms with Crippen molar-refractivity contribution in [3.63, 3.8) is 0 Å². The Morgan fingerprint density at radius 1 is 1.32 bits per heavy atom. The zero-order valence-electron chi connectivity index (χ0n) is 12.1. The van der Waals surface area contributed by atoms with Crippen LogP contribution in [0.1, 0.15) is 18.5 Å². The molecular formula is C16H16F2N2O2. The molecule has 22 heavy (non-hydrogen) atoms. The van der Waals surface area contributed by atoms with E-state index < -0.39 is 17.6 Å². The van der Waals surface area contributed by atoms with Gasteiger partial charge in [0.2, 0.25) is 0 Å². The molecule has 0 amide bonds. The van der Waals surface area contributed by atoms with E-state index >= 15 is 0 Å². The number of hydrogen-bond donors (Lipinski definition) is 1. The Morgan fingerprint density at radius 3 is 2.64 bits per heavy atom. The van der Waals surface area contributed by atoms with Gasteiger partial charge in [0.1, 0.15) is 5.52 Å². The van der Waals surface area contributed by atoms with Crippen LogP contribution in [0.2, 0.25) is 0 Å². The summed E-state index contributed by atoms with van der Waals surface area (Å²) in [5.74, 6) is -2.97. The summed E-state index contributed by atoms with van der Waals surface area (Å²) in [5.41, 5.74) is 1.41. The Balaban J connectivity index is 2.01. The quantitative estimate of drug-likeness (QED) is 0.926. The molecule has 0 aliphatic carbocycles. The molecule has 2 aromatic rings. The molecule has 4 nitrogen and oxygen atoms in total. The van der Waals surface area contributed by atoms with Crippen LogP contribution >= 0.6 is 0 Å². The zero-order chi connectivity index (χ0) is 15.9. The second-order valence-electron chi connectivity index (χ2n) is 5.64. The third kappa shape index (κ3) is 2.49. The number of fused-ring (bicyclic) bond motifs is 1. The first-order chi connectivity index (χ1) is 10.5. The van der Waals surface area contributed by atoms with E-state index in [-0.39, 0.29) is 11.4 Å². The van der Waals surface area contributed by atoms with Crippen molar-refractivity contribution < 1.29 is 18.7 Å². The van der Waals surface area contributed by atoms with Crippen molar-refractivity contribution in [2.45, 2.75) is 19.8 Å². The molecule has 6 heteroatoms. The largest absolute Gasteiger partial charge is 0.481 e. The van der Waals surface area contributed by atoms with Crippen molar-refractivity contribution in [1.29, 1.82) is 0 Å². The van der Waals surface area contributed by atoms with Gasteiger partial charge in [-0.3, -0.25) is 4.79 Å². The Kier molecular flexibility index (Phi) is 3.68. The minimum absolute atomic E-state index is 0.0235. The van der Waals surface area contributed by atoms with Crippen molar-refractivity contribution in [3.8, 4) is 0 Å². The number of aromatic nitrogens is 1. The molecule has 1 aromatic carbocycles. The summed E-state index contributed by atoms with van der Waals surface area (Å²) in [4.78, 5) is 17.1. The highest BCUT2D eigenvalue weighted by atomic mass is 19.2. The molecule has 1 aromatic heterocycles. The highest BCUT2D eigenvalue weighted by Crippen LogP contribution is 2.32. The molecule has 1 aliphatic rings. The molecule has 0 atom stereocenters. The number of piperidine rings is 1. The molecular weight excluding hydrogens is 290 g/mol. The van der Waals surface area contributed by atoms with Gasteiger partial charge in [0.15, 0.2) is 11.6 Å². The average Bonchev–Trinajstić information content (AvgIpc) is 2.51. The fourth-order valence-electron chi connectivity index (χ4n) is 2.97. The van der Waals surface area contributed by atoms with Crippen molar-refractivity contribution in [2.75, 3.05) is 18.0 Å². The van der Waals surface area contributed by atoms with Crippen LogP contribution in [0.25, 0.3) is 10.9 Å². The summed E-state index contributed by atoms with van der Waals surface area (Å²) in [5, 5.41) is 9.61. The molecule has 1 saturated heterocycles. The van der Waals surface area contributed by atoms with E-state index in [1.807, 2.05) is 11.0 Å². The van der Waals surface area contributed by atoms with Gasteiger partial charge in [-0.1, -0.05) is 0 Å². The van der Waals surface area contributed by atoms with E-state index in [0.29, 0.717) is 37.0 Å². The van der Waals surface area contributed by atoms with Gasteiger partial charge in [-0.05, 0) is 38.0 Å². The van der Waals surface area contributed by atoms with Gasteiger partial charge in [-0.2, -0.15) is 0 Å². The second-order valence-corrected chi connectivity index (χ2v) is 5.64. The Hall–Kier alpha value is -2.24. The number of aliphatic carboxylic acids is 1. The first-order valence-electron chi connectivity index (χ1n) is 7.20. The van der Waals surface area contributed by atoms with Gasteiger partial charge < -0.3 is 10.0 Å². The van der Waals surface area contributed by atoms with Crippen LogP contribution in [0.5, 0.6) is 0 Å². The van der Waals surface area contributed by atoms with E-state index in [1.54, 1.807) is 6.92 Å². The van der Waals surface area contributed by atoms with E-state index in [2.05, 4.69) is 4.98 Å². The highest BCUT2D eigenvalue weighted by molar-refractivity contribution is 5.92. The van der Waals surface area contributed by atoms with Gasteiger partial charge in [0, 0.05) is 29.9 Å². The number of rotatable bonds is 2. The number of carboxylic acids is 1. The summed E-state index contributed by atoms with van der Waals surface area (Å²) in [6, 6.07) is 4.46. The number of carbonyl (C=O) groups is 1. The molecule has 3 rings (SSSR count). The number of carboxylic acid groups (broad SMARTS) is 1. The molecule has 1 fully saturated rings. The lowest BCUT2D eigenvalue weighted by atomic mass is 9.96. The topological polar surface area (TPSA) is 53.4 Å². The number of halogens is 2. The first-order valence-corrected chi connectivity index (χ1v) is 7.20. The van der Waals surface area contributed by atoms with Crippen LogP contribution in [-0.4, -0.2) is 29.1 Å². The van der Waals surface area contributed by atoms with Gasteiger partial charge in [0.25, 0.3) is 0 Å². The molecule has 0 saturated carbocycles. The monoisotopic (exact) mass is 306 g/mol. The zero-order valence-corrected chi connectivity index (χ0v) is 12.1. The Bertz CT molecular complexity index is 740. The van der Waals surface area contributed by atoms with Gasteiger partial charge in [-0.15, -0.1) is 0 Å². The number of hydrogen-bond acceptors (Lipinski definition) is 3. The number of nitrogens with zero attached hydrogens (tertiary/aromatic N) is 2. The van der Waals surface area contributed by atoms with Crippen molar-refractivity contribution in [1.82, 2.24) is 4.98 Å². The molecule has 0 bridgehead atoms. The first kappa shape index (κ1) is 14.7. The molecule has 0 unspecified atom stereocenters. The van der Waals surface area contributed by atoms with Gasteiger partial charge in [-0.25, -0.2) is 13.8 Å². The second kappa shape index (κ2) is 5.51. The van der Waals surface area contributed by atoms with Crippen LogP contribution < -0.4 is 4.90 Å². The van der Waals surface area contributed by atoms with E-state index in [9.17, 15) is 13.6 Å². The summed E-state index contributed by atoms with van der Waals surface area (Å²) < 4.78 is 27.4. The predicted octanol–water partition coefficient (Wildman–Crippen LogP) is 3.12. The summed E-state index contributed by atoms with van der Waals surface area (Å²) in [6.45, 7) is 2.89. The fourth-order valence-corrected chi connectivity index (χ4v) is 2.97. The summed E-state index contributed by atoms with van der Waals surface area (Å²) >= 11 is 0. The Labute approximate surface area is 126 Å². The van der Waals surface area contributed by atoms with Gasteiger partial charge >= 0.3 is 5.97 Å². The average molecular weight is 306 g/mol. The fraction of sp³-hybridized carbons (Fsp3) is 0.375. The number of anilines is 1. The van der Waals surface area contributed by atoms with Gasteiger partial charge in [0.05, 0.1) is 5.92 Å². The van der Waals surface area contributed by atoms with Crippen molar-refractivity contribution in [3.05, 3.63) is 35.5 Å². The molecule has 0 radical (unpaired) electrons. The molecule has 116 valence electrons. The van der Waals surface area contributed by atoms with Crippen molar-refractivity contribution in [2.24, 2.45) is 5.92 Å². The number of benzene rings is 1. The van der Waals surface area contributed by atoms with Crippen molar-refractivity contribution >= 4 is 22.6 Å². The Morgan fingerprint density at radius 2 is 2.00 bits per heavy atom. The molecule has 0 spiro atoms. The minimum atomic E-state index is -0.942. The normalized spacial score (nSPS) is 16.2. The van der Waals surface area contributed by atoms with Crippen LogP contribution in [0.4, 0.5) is 14.5 Å². The maximum atomic E-state index is 14.0.